The Balaban J connectivity index is 0.978. The lowest BCUT2D eigenvalue weighted by Crippen LogP contribution is -1.99. The van der Waals surface area contributed by atoms with Crippen LogP contribution in [0, 0.1) is 0 Å². The Morgan fingerprint density at radius 3 is 1.01 bits per heavy atom. The summed E-state index contributed by atoms with van der Waals surface area (Å²) >= 11 is 1.91. The van der Waals surface area contributed by atoms with Gasteiger partial charge >= 0.3 is 0 Å². The smallest absolute Gasteiger partial charge is 0.0619 e. The van der Waals surface area contributed by atoms with E-state index < -0.39 is 0 Å². The average molecular weight is 867 g/mol. The van der Waals surface area contributed by atoms with E-state index in [1.54, 1.807) is 0 Å². The zero-order valence-electron chi connectivity index (χ0n) is 36.2. The minimum absolute atomic E-state index is 1.22. The number of rotatable bonds is 4. The molecule has 0 saturated heterocycles. The molecule has 3 heterocycles. The largest absolute Gasteiger partial charge is 0.308 e. The third-order valence-corrected chi connectivity index (χ3v) is 15.7. The fourth-order valence-electron chi connectivity index (χ4n) is 11.8. The SMILES string of the molecule is c1ccc2c(-n3c4ccccc4c4ccccc43)c3ccccc3c(-c3ccc4sc5c(-c6c7ccccc7c(-n7c8ccccc8c8ccccc87)c7ccccc67)cccc5c4c3)c2c1. The molecule has 12 aromatic carbocycles. The molecule has 67 heavy (non-hydrogen) atoms. The number of nitrogens with zero attached hydrogens (tertiary/aromatic N) is 2. The number of hydrogen-bond donors (Lipinski definition) is 0. The molecule has 0 bridgehead atoms. The summed E-state index contributed by atoms with van der Waals surface area (Å²) in [5, 5.41) is 17.6. The fraction of sp³-hybridized carbons (Fsp3) is 0. The van der Waals surface area contributed by atoms with Crippen LogP contribution in [0.3, 0.4) is 0 Å². The van der Waals surface area contributed by atoms with Gasteiger partial charge < -0.3 is 9.13 Å². The lowest BCUT2D eigenvalue weighted by atomic mass is 9.89. The van der Waals surface area contributed by atoms with Gasteiger partial charge in [-0.15, -0.1) is 11.3 Å². The van der Waals surface area contributed by atoms with Crippen LogP contribution in [0.2, 0.25) is 0 Å². The minimum atomic E-state index is 1.22. The fourth-order valence-corrected chi connectivity index (χ4v) is 13.0. The quantitative estimate of drug-likeness (QED) is 0.156. The van der Waals surface area contributed by atoms with Crippen molar-refractivity contribution in [2.75, 3.05) is 0 Å². The van der Waals surface area contributed by atoms with Gasteiger partial charge in [-0.2, -0.15) is 0 Å². The molecule has 0 atom stereocenters. The molecule has 0 unspecified atom stereocenters. The maximum absolute atomic E-state index is 2.50. The van der Waals surface area contributed by atoms with Crippen molar-refractivity contribution in [3.8, 4) is 33.6 Å². The number of aromatic nitrogens is 2. The van der Waals surface area contributed by atoms with Gasteiger partial charge in [0.1, 0.15) is 0 Å². The van der Waals surface area contributed by atoms with Gasteiger partial charge in [0, 0.05) is 68.8 Å². The second kappa shape index (κ2) is 14.0. The predicted octanol–water partition coefficient (Wildman–Crippen LogP) is 18.2. The van der Waals surface area contributed by atoms with E-state index in [0.717, 1.165) is 0 Å². The first kappa shape index (κ1) is 36.8. The van der Waals surface area contributed by atoms with Crippen LogP contribution in [-0.4, -0.2) is 9.13 Å². The maximum Gasteiger partial charge on any atom is 0.0619 e. The Morgan fingerprint density at radius 2 is 0.597 bits per heavy atom. The molecule has 15 rings (SSSR count). The monoisotopic (exact) mass is 866 g/mol. The van der Waals surface area contributed by atoms with Crippen LogP contribution in [0.25, 0.3) is 141 Å². The lowest BCUT2D eigenvalue weighted by molar-refractivity contribution is 1.21. The molecule has 0 aliphatic rings. The summed E-state index contributed by atoms with van der Waals surface area (Å²) in [5.74, 6) is 0. The molecule has 310 valence electrons. The first-order valence-corrected chi connectivity index (χ1v) is 23.9. The highest BCUT2D eigenvalue weighted by Gasteiger charge is 2.24. The van der Waals surface area contributed by atoms with Crippen LogP contribution in [0.5, 0.6) is 0 Å². The molecular formula is C64H38N2S. The van der Waals surface area contributed by atoms with Crippen molar-refractivity contribution in [1.29, 1.82) is 0 Å². The third-order valence-electron chi connectivity index (χ3n) is 14.5. The van der Waals surface area contributed by atoms with Gasteiger partial charge in [-0.3, -0.25) is 0 Å². The highest BCUT2D eigenvalue weighted by molar-refractivity contribution is 7.26. The summed E-state index contributed by atoms with van der Waals surface area (Å²) in [6.07, 6.45) is 0. The van der Waals surface area contributed by atoms with Crippen molar-refractivity contribution in [1.82, 2.24) is 9.13 Å². The summed E-state index contributed by atoms with van der Waals surface area (Å²) in [6.45, 7) is 0. The highest BCUT2D eigenvalue weighted by Crippen LogP contribution is 2.50. The van der Waals surface area contributed by atoms with Gasteiger partial charge in [-0.1, -0.05) is 194 Å². The predicted molar refractivity (Wildman–Crippen MR) is 289 cm³/mol. The Bertz CT molecular complexity index is 4360. The number of para-hydroxylation sites is 4. The summed E-state index contributed by atoms with van der Waals surface area (Å²) in [7, 11) is 0. The van der Waals surface area contributed by atoms with Gasteiger partial charge in [0.25, 0.3) is 0 Å². The zero-order valence-corrected chi connectivity index (χ0v) is 37.1. The first-order chi connectivity index (χ1) is 33.3. The Kier molecular flexibility index (Phi) is 7.69. The summed E-state index contributed by atoms with van der Waals surface area (Å²) in [6, 6.07) is 85.7. The maximum atomic E-state index is 2.50. The van der Waals surface area contributed by atoms with Crippen LogP contribution in [0.4, 0.5) is 0 Å². The number of thiophene rings is 1. The minimum Gasteiger partial charge on any atom is -0.308 e. The van der Waals surface area contributed by atoms with E-state index >= 15 is 0 Å². The second-order valence-corrected chi connectivity index (χ2v) is 18.9. The summed E-state index contributed by atoms with van der Waals surface area (Å²) in [5.41, 5.74) is 12.4. The standard InChI is InChI=1S/C64H38N2S/c1-5-26-48-44(22-1)60(45-23-2-6-27-49(45)62(48)65-55-32-13-9-18-40(55)41-19-10-14-33-56(41)65)39-36-37-59-54(38-39)52-30-17-31-53(64(52)67-59)61-46-24-3-7-28-50(46)63(51-29-8-4-25-47(51)61)66-57-34-15-11-20-42(57)43-21-12-16-35-58(43)66/h1-38H. The number of benzene rings is 12. The molecule has 2 nitrogen and oxygen atoms in total. The zero-order chi connectivity index (χ0) is 43.7. The van der Waals surface area contributed by atoms with Crippen LogP contribution < -0.4 is 0 Å². The average Bonchev–Trinajstić information content (AvgIpc) is 4.05. The van der Waals surface area contributed by atoms with Crippen molar-refractivity contribution < 1.29 is 0 Å². The van der Waals surface area contributed by atoms with Crippen molar-refractivity contribution in [3.63, 3.8) is 0 Å². The van der Waals surface area contributed by atoms with E-state index in [2.05, 4.69) is 240 Å². The van der Waals surface area contributed by atoms with Gasteiger partial charge in [0.15, 0.2) is 0 Å². The third kappa shape index (κ3) is 5.09. The normalized spacial score (nSPS) is 12.2. The van der Waals surface area contributed by atoms with E-state index in [1.807, 2.05) is 11.3 Å². The molecule has 0 N–H and O–H groups in total. The van der Waals surface area contributed by atoms with E-state index in [4.69, 9.17) is 0 Å². The van der Waals surface area contributed by atoms with Gasteiger partial charge in [0.2, 0.25) is 0 Å². The second-order valence-electron chi connectivity index (χ2n) is 17.9. The van der Waals surface area contributed by atoms with Crippen LogP contribution in [0.15, 0.2) is 231 Å². The molecule has 3 aromatic heterocycles. The molecule has 0 saturated carbocycles. The molecule has 0 amide bonds. The van der Waals surface area contributed by atoms with Crippen LogP contribution >= 0.6 is 11.3 Å². The van der Waals surface area contributed by atoms with E-state index in [9.17, 15) is 0 Å². The van der Waals surface area contributed by atoms with Crippen LogP contribution in [0.1, 0.15) is 0 Å². The molecule has 3 heteroatoms. The molecule has 0 radical (unpaired) electrons. The first-order valence-electron chi connectivity index (χ1n) is 23.1. The van der Waals surface area contributed by atoms with E-state index in [0.29, 0.717) is 0 Å². The van der Waals surface area contributed by atoms with E-state index in [-0.39, 0.29) is 0 Å². The molecule has 0 aliphatic carbocycles. The Morgan fingerprint density at radius 1 is 0.254 bits per heavy atom. The summed E-state index contributed by atoms with van der Waals surface area (Å²) < 4.78 is 7.60. The van der Waals surface area contributed by atoms with Crippen molar-refractivity contribution >= 4 is 118 Å². The Hall–Kier alpha value is -8.50. The molecule has 0 fully saturated rings. The lowest BCUT2D eigenvalue weighted by Gasteiger charge is -2.20. The van der Waals surface area contributed by atoms with E-state index in [1.165, 1.54) is 141 Å². The van der Waals surface area contributed by atoms with Gasteiger partial charge in [-0.25, -0.2) is 0 Å². The topological polar surface area (TPSA) is 9.86 Å². The Labute approximate surface area is 389 Å². The van der Waals surface area contributed by atoms with Gasteiger partial charge in [0.05, 0.1) is 33.4 Å². The van der Waals surface area contributed by atoms with Crippen molar-refractivity contribution in [2.24, 2.45) is 0 Å². The highest BCUT2D eigenvalue weighted by atomic mass is 32.1. The van der Waals surface area contributed by atoms with Crippen molar-refractivity contribution in [2.45, 2.75) is 0 Å². The summed E-state index contributed by atoms with van der Waals surface area (Å²) in [4.78, 5) is 0. The number of hydrogen-bond acceptors (Lipinski definition) is 1. The molecule has 0 spiro atoms. The number of fused-ring (bicyclic) bond motifs is 13. The molecular weight excluding hydrogens is 829 g/mol. The molecule has 0 aliphatic heterocycles. The van der Waals surface area contributed by atoms with Gasteiger partial charge in [-0.05, 0) is 74.6 Å². The molecule has 15 aromatic rings. The van der Waals surface area contributed by atoms with Crippen molar-refractivity contribution in [3.05, 3.63) is 231 Å². The van der Waals surface area contributed by atoms with Crippen LogP contribution in [-0.2, 0) is 0 Å².